The zero-order valence-electron chi connectivity index (χ0n) is 21.8. The number of aryl methyl sites for hydroxylation is 1. The van der Waals surface area contributed by atoms with Gasteiger partial charge in [-0.15, -0.1) is 0 Å². The lowest BCUT2D eigenvalue weighted by Gasteiger charge is -2.35. The van der Waals surface area contributed by atoms with Crippen molar-refractivity contribution in [1.29, 1.82) is 0 Å². The minimum Gasteiger partial charge on any atom is -0.465 e. The number of nitrogens with one attached hydrogen (secondary N) is 2. The molecule has 0 atom stereocenters. The molecule has 2 aromatic carbocycles. The molecule has 38 heavy (non-hydrogen) atoms. The number of fused-ring (bicyclic) bond motifs is 1. The van der Waals surface area contributed by atoms with Gasteiger partial charge in [-0.2, -0.15) is 0 Å². The summed E-state index contributed by atoms with van der Waals surface area (Å²) in [6.45, 7) is 4.33. The van der Waals surface area contributed by atoms with Crippen LogP contribution < -0.4 is 15.5 Å². The minimum absolute atomic E-state index is 0.115. The second-order valence-corrected chi connectivity index (χ2v) is 10.5. The number of para-hydroxylation sites is 1. The topological polar surface area (TPSA) is 102 Å². The quantitative estimate of drug-likeness (QED) is 0.360. The number of carbonyl (C=O) groups is 3. The normalized spacial score (nSPS) is 16.2. The second kappa shape index (κ2) is 13.6. The number of carbonyl (C=O) groups excluding carboxylic acids is 2. The molecular formula is C29H37ClN4O4. The van der Waals surface area contributed by atoms with Crippen molar-refractivity contribution >= 4 is 35.2 Å². The fourth-order valence-corrected chi connectivity index (χ4v) is 5.62. The molecule has 2 aliphatic heterocycles. The van der Waals surface area contributed by atoms with Crippen molar-refractivity contribution in [2.75, 3.05) is 44.2 Å². The Morgan fingerprint density at radius 3 is 2.45 bits per heavy atom. The highest BCUT2D eigenvalue weighted by Gasteiger charge is 2.27. The molecule has 204 valence electrons. The molecule has 2 heterocycles. The fraction of sp³-hybridized carbons (Fsp3) is 0.483. The van der Waals surface area contributed by atoms with Gasteiger partial charge in [0.05, 0.1) is 0 Å². The van der Waals surface area contributed by atoms with Crippen molar-refractivity contribution in [3.63, 3.8) is 0 Å². The Morgan fingerprint density at radius 2 is 1.68 bits per heavy atom. The lowest BCUT2D eigenvalue weighted by molar-refractivity contribution is -0.119. The number of benzene rings is 2. The van der Waals surface area contributed by atoms with E-state index in [1.165, 1.54) is 5.56 Å². The number of nitrogens with zero attached hydrogens (tertiary/aromatic N) is 2. The van der Waals surface area contributed by atoms with E-state index in [0.717, 1.165) is 69.4 Å². The number of halogens is 1. The molecular weight excluding hydrogens is 504 g/mol. The highest BCUT2D eigenvalue weighted by atomic mass is 35.5. The molecule has 3 amide bonds. The first kappa shape index (κ1) is 27.9. The summed E-state index contributed by atoms with van der Waals surface area (Å²) in [5.74, 6) is 0.368. The van der Waals surface area contributed by atoms with Gasteiger partial charge in [0, 0.05) is 48.9 Å². The van der Waals surface area contributed by atoms with Crippen LogP contribution in [0.25, 0.3) is 0 Å². The van der Waals surface area contributed by atoms with Gasteiger partial charge in [0.15, 0.2) is 0 Å². The number of carboxylic acid groups (broad SMARTS) is 1. The minimum atomic E-state index is -1.01. The van der Waals surface area contributed by atoms with Gasteiger partial charge < -0.3 is 25.5 Å². The Labute approximate surface area is 229 Å². The maximum absolute atomic E-state index is 13.0. The van der Waals surface area contributed by atoms with Crippen LogP contribution in [0.2, 0.25) is 5.02 Å². The molecule has 2 aromatic rings. The first-order valence-electron chi connectivity index (χ1n) is 13.6. The molecule has 0 aliphatic carbocycles. The molecule has 8 nitrogen and oxygen atoms in total. The van der Waals surface area contributed by atoms with Gasteiger partial charge in [-0.05, 0) is 86.9 Å². The number of unbranched alkanes of at least 4 members (excludes halogenated alkanes) is 2. The number of hydrogen-bond acceptors (Lipinski definition) is 4. The molecule has 0 unspecified atom stereocenters. The largest absolute Gasteiger partial charge is 0.465 e. The monoisotopic (exact) mass is 540 g/mol. The van der Waals surface area contributed by atoms with Gasteiger partial charge in [-0.25, -0.2) is 4.79 Å². The number of anilines is 1. The van der Waals surface area contributed by atoms with Crippen molar-refractivity contribution in [1.82, 2.24) is 15.5 Å². The maximum atomic E-state index is 13.0. The molecule has 0 saturated carbocycles. The van der Waals surface area contributed by atoms with E-state index < -0.39 is 6.09 Å². The van der Waals surface area contributed by atoms with Gasteiger partial charge in [0.1, 0.15) is 0 Å². The number of rotatable bonds is 11. The maximum Gasteiger partial charge on any atom is 0.404 e. The van der Waals surface area contributed by atoms with E-state index in [4.69, 9.17) is 16.7 Å². The van der Waals surface area contributed by atoms with E-state index in [1.54, 1.807) is 6.07 Å². The predicted octanol–water partition coefficient (Wildman–Crippen LogP) is 4.67. The molecule has 0 bridgehead atoms. The first-order valence-corrected chi connectivity index (χ1v) is 13.9. The van der Waals surface area contributed by atoms with Crippen molar-refractivity contribution in [3.05, 3.63) is 64.2 Å². The van der Waals surface area contributed by atoms with Crippen molar-refractivity contribution < 1.29 is 19.5 Å². The van der Waals surface area contributed by atoms with E-state index in [9.17, 15) is 14.4 Å². The summed E-state index contributed by atoms with van der Waals surface area (Å²) in [6, 6.07) is 13.8. The standard InChI is InChI=1S/C29H37ClN4O4/c30-23-9-10-24(25(20-23)28(36)31-14-4-1-5-15-32-29(37)38)21-12-16-33(17-13-21)18-19-34-26-7-3-2-6-22(26)8-11-27(34)35/h2-3,6-7,9-10,20-21,32H,1,4-5,8,11-19H2,(H,31,36)(H,37,38). The number of piperidine rings is 1. The van der Waals surface area contributed by atoms with Crippen LogP contribution in [0, 0.1) is 0 Å². The summed E-state index contributed by atoms with van der Waals surface area (Å²) in [7, 11) is 0. The molecule has 0 spiro atoms. The van der Waals surface area contributed by atoms with E-state index in [1.807, 2.05) is 35.2 Å². The molecule has 0 aromatic heterocycles. The van der Waals surface area contributed by atoms with Gasteiger partial charge in [0.25, 0.3) is 5.91 Å². The molecule has 1 fully saturated rings. The average Bonchev–Trinajstić information content (AvgIpc) is 2.92. The molecule has 2 aliphatic rings. The van der Waals surface area contributed by atoms with Gasteiger partial charge in [-0.1, -0.05) is 35.9 Å². The third-order valence-electron chi connectivity index (χ3n) is 7.53. The molecule has 0 radical (unpaired) electrons. The lowest BCUT2D eigenvalue weighted by atomic mass is 9.86. The molecule has 4 rings (SSSR count). The molecule has 9 heteroatoms. The van der Waals surface area contributed by atoms with Gasteiger partial charge in [0.2, 0.25) is 5.91 Å². The summed E-state index contributed by atoms with van der Waals surface area (Å²) in [4.78, 5) is 40.4. The van der Waals surface area contributed by atoms with Crippen LogP contribution in [0.15, 0.2) is 42.5 Å². The van der Waals surface area contributed by atoms with Crippen molar-refractivity contribution in [3.8, 4) is 0 Å². The Bertz CT molecular complexity index is 1130. The lowest BCUT2D eigenvalue weighted by Crippen LogP contribution is -2.43. The van der Waals surface area contributed by atoms with Crippen LogP contribution in [0.4, 0.5) is 10.5 Å². The van der Waals surface area contributed by atoms with Crippen molar-refractivity contribution in [2.45, 2.75) is 50.9 Å². The average molecular weight is 541 g/mol. The van der Waals surface area contributed by atoms with E-state index >= 15 is 0 Å². The van der Waals surface area contributed by atoms with Crippen LogP contribution >= 0.6 is 11.6 Å². The highest BCUT2D eigenvalue weighted by molar-refractivity contribution is 6.31. The Kier molecular flexibility index (Phi) is 10.0. The zero-order chi connectivity index (χ0) is 26.9. The molecule has 1 saturated heterocycles. The SMILES string of the molecule is O=C(O)NCCCCCNC(=O)c1cc(Cl)ccc1C1CCN(CCN2C(=O)CCc3ccccc32)CC1. The van der Waals surface area contributed by atoms with Crippen LogP contribution in [0.1, 0.15) is 65.9 Å². The van der Waals surface area contributed by atoms with E-state index in [-0.39, 0.29) is 17.7 Å². The Morgan fingerprint density at radius 1 is 0.947 bits per heavy atom. The summed E-state index contributed by atoms with van der Waals surface area (Å²) in [6.07, 6.45) is 4.62. The summed E-state index contributed by atoms with van der Waals surface area (Å²) < 4.78 is 0. The smallest absolute Gasteiger partial charge is 0.404 e. The Hall–Kier alpha value is -3.10. The van der Waals surface area contributed by atoms with E-state index in [0.29, 0.717) is 36.6 Å². The predicted molar refractivity (Wildman–Crippen MR) is 149 cm³/mol. The molecule has 3 N–H and O–H groups in total. The first-order chi connectivity index (χ1) is 18.4. The summed E-state index contributed by atoms with van der Waals surface area (Å²) in [5.41, 5.74) is 3.97. The van der Waals surface area contributed by atoms with Crippen LogP contribution in [0.3, 0.4) is 0 Å². The van der Waals surface area contributed by atoms with Crippen LogP contribution in [-0.4, -0.2) is 67.2 Å². The summed E-state index contributed by atoms with van der Waals surface area (Å²) in [5, 5.41) is 14.5. The third-order valence-corrected chi connectivity index (χ3v) is 7.77. The van der Waals surface area contributed by atoms with Crippen molar-refractivity contribution in [2.24, 2.45) is 0 Å². The highest BCUT2D eigenvalue weighted by Crippen LogP contribution is 2.32. The number of hydrogen-bond donors (Lipinski definition) is 3. The number of likely N-dealkylation sites (tertiary alicyclic amines) is 1. The second-order valence-electron chi connectivity index (χ2n) is 10.1. The van der Waals surface area contributed by atoms with Crippen LogP contribution in [-0.2, 0) is 11.2 Å². The van der Waals surface area contributed by atoms with Gasteiger partial charge >= 0.3 is 6.09 Å². The van der Waals surface area contributed by atoms with Gasteiger partial charge in [-0.3, -0.25) is 9.59 Å². The Balaban J connectivity index is 1.26. The number of amides is 3. The zero-order valence-corrected chi connectivity index (χ0v) is 22.5. The van der Waals surface area contributed by atoms with E-state index in [2.05, 4.69) is 21.6 Å². The van der Waals surface area contributed by atoms with Crippen LogP contribution in [0.5, 0.6) is 0 Å². The summed E-state index contributed by atoms with van der Waals surface area (Å²) >= 11 is 6.25. The third kappa shape index (κ3) is 7.48. The fourth-order valence-electron chi connectivity index (χ4n) is 5.45.